The molecule has 0 aliphatic carbocycles. The van der Waals surface area contributed by atoms with E-state index in [1.807, 2.05) is 0 Å². The highest BCUT2D eigenvalue weighted by Crippen LogP contribution is 2.27. The quantitative estimate of drug-likeness (QED) is 0.848. The number of carbonyl (C=O) groups is 1. The van der Waals surface area contributed by atoms with Crippen molar-refractivity contribution in [3.8, 4) is 0 Å². The van der Waals surface area contributed by atoms with Gasteiger partial charge in [0.2, 0.25) is 11.8 Å². The first-order valence-electron chi connectivity index (χ1n) is 6.70. The molecule has 0 unspecified atom stereocenters. The van der Waals surface area contributed by atoms with Gasteiger partial charge in [-0.15, -0.1) is 10.2 Å². The molecule has 0 radical (unpaired) electrons. The molecule has 1 aliphatic rings. The van der Waals surface area contributed by atoms with Crippen LogP contribution in [0.4, 0.5) is 4.39 Å². The first-order valence-corrected chi connectivity index (χ1v) is 7.08. The van der Waals surface area contributed by atoms with Gasteiger partial charge in [0.1, 0.15) is 6.04 Å². The number of halogens is 2. The number of hydrogen-bond donors (Lipinski definition) is 0. The van der Waals surface area contributed by atoms with Crippen molar-refractivity contribution in [1.82, 2.24) is 15.1 Å². The number of ether oxygens (including phenoxy) is 1. The Morgan fingerprint density at radius 2 is 2.27 bits per heavy atom. The second kappa shape index (κ2) is 6.02. The van der Waals surface area contributed by atoms with Crippen LogP contribution < -0.4 is 0 Å². The molecule has 1 fully saturated rings. The van der Waals surface area contributed by atoms with Crippen molar-refractivity contribution >= 4 is 17.5 Å². The number of aryl methyl sites for hydroxylation is 1. The Hall–Kier alpha value is -1.99. The van der Waals surface area contributed by atoms with Crippen LogP contribution in [0.3, 0.4) is 0 Å². The first-order chi connectivity index (χ1) is 10.6. The zero-order valence-electron chi connectivity index (χ0n) is 11.8. The average molecular weight is 326 g/mol. The Kier molecular flexibility index (Phi) is 4.08. The van der Waals surface area contributed by atoms with E-state index in [0.717, 1.165) is 0 Å². The molecule has 8 heteroatoms. The summed E-state index contributed by atoms with van der Waals surface area (Å²) in [4.78, 5) is 14.1. The molecule has 0 spiro atoms. The van der Waals surface area contributed by atoms with Crippen LogP contribution in [0.25, 0.3) is 0 Å². The summed E-state index contributed by atoms with van der Waals surface area (Å²) in [7, 11) is 0. The standard InChI is InChI=1S/C14H13ClFN3O3/c1-8-17-18-13(22-8)11-7-21-6-5-19(11)14(20)9-3-2-4-10(15)12(9)16/h2-4,11H,5-7H2,1H3/t11-/m0/s1. The first kappa shape index (κ1) is 14.9. The lowest BCUT2D eigenvalue weighted by molar-refractivity contribution is -0.0108. The monoisotopic (exact) mass is 325 g/mol. The maximum Gasteiger partial charge on any atom is 0.257 e. The average Bonchev–Trinajstić information content (AvgIpc) is 2.96. The largest absolute Gasteiger partial charge is 0.423 e. The number of nitrogens with zero attached hydrogens (tertiary/aromatic N) is 3. The molecule has 1 saturated heterocycles. The maximum atomic E-state index is 14.1. The van der Waals surface area contributed by atoms with E-state index in [2.05, 4.69) is 10.2 Å². The molecule has 0 saturated carbocycles. The van der Waals surface area contributed by atoms with E-state index in [1.165, 1.54) is 23.1 Å². The van der Waals surface area contributed by atoms with E-state index in [9.17, 15) is 9.18 Å². The third-order valence-electron chi connectivity index (χ3n) is 3.40. The summed E-state index contributed by atoms with van der Waals surface area (Å²) in [6, 6.07) is 3.78. The van der Waals surface area contributed by atoms with Crippen molar-refractivity contribution in [2.24, 2.45) is 0 Å². The molecule has 116 valence electrons. The van der Waals surface area contributed by atoms with Gasteiger partial charge in [-0.2, -0.15) is 0 Å². The van der Waals surface area contributed by atoms with E-state index in [4.69, 9.17) is 20.8 Å². The number of hydrogen-bond acceptors (Lipinski definition) is 5. The molecule has 6 nitrogen and oxygen atoms in total. The summed E-state index contributed by atoms with van der Waals surface area (Å²) >= 11 is 5.74. The summed E-state index contributed by atoms with van der Waals surface area (Å²) < 4.78 is 24.8. The summed E-state index contributed by atoms with van der Waals surface area (Å²) in [6.45, 7) is 2.53. The number of aromatic nitrogens is 2. The Balaban J connectivity index is 1.93. The number of rotatable bonds is 2. The summed E-state index contributed by atoms with van der Waals surface area (Å²) in [5.41, 5.74) is -0.0874. The summed E-state index contributed by atoms with van der Waals surface area (Å²) in [5, 5.41) is 7.59. The van der Waals surface area contributed by atoms with Gasteiger partial charge in [-0.3, -0.25) is 4.79 Å². The molecule has 3 rings (SSSR count). The summed E-state index contributed by atoms with van der Waals surface area (Å²) in [5.74, 6) is -0.555. The molecule has 2 heterocycles. The highest BCUT2D eigenvalue weighted by Gasteiger charge is 2.34. The summed E-state index contributed by atoms with van der Waals surface area (Å²) in [6.07, 6.45) is 0. The highest BCUT2D eigenvalue weighted by atomic mass is 35.5. The van der Waals surface area contributed by atoms with Gasteiger partial charge >= 0.3 is 0 Å². The topological polar surface area (TPSA) is 68.5 Å². The van der Waals surface area contributed by atoms with Gasteiger partial charge in [0.05, 0.1) is 23.8 Å². The molecule has 0 N–H and O–H groups in total. The Morgan fingerprint density at radius 1 is 1.45 bits per heavy atom. The number of amides is 1. The van der Waals surface area contributed by atoms with Gasteiger partial charge in [-0.05, 0) is 12.1 Å². The zero-order chi connectivity index (χ0) is 15.7. The van der Waals surface area contributed by atoms with E-state index in [0.29, 0.717) is 19.0 Å². The van der Waals surface area contributed by atoms with Crippen LogP contribution in [0.15, 0.2) is 22.6 Å². The van der Waals surface area contributed by atoms with Gasteiger partial charge in [0.25, 0.3) is 5.91 Å². The van der Waals surface area contributed by atoms with Crippen LogP contribution >= 0.6 is 11.6 Å². The molecule has 2 aromatic rings. The molecule has 1 atom stereocenters. The van der Waals surface area contributed by atoms with Crippen molar-refractivity contribution in [2.45, 2.75) is 13.0 Å². The second-order valence-electron chi connectivity index (χ2n) is 4.85. The van der Waals surface area contributed by atoms with Crippen LogP contribution in [-0.4, -0.2) is 40.8 Å². The normalized spacial score (nSPS) is 18.5. The van der Waals surface area contributed by atoms with E-state index in [1.54, 1.807) is 6.92 Å². The van der Waals surface area contributed by atoms with Crippen LogP contribution in [0.1, 0.15) is 28.2 Å². The molecule has 1 aromatic carbocycles. The van der Waals surface area contributed by atoms with E-state index < -0.39 is 17.8 Å². The fourth-order valence-corrected chi connectivity index (χ4v) is 2.50. The Labute approximate surface area is 130 Å². The SMILES string of the molecule is Cc1nnc([C@@H]2COCCN2C(=O)c2cccc(Cl)c2F)o1. The van der Waals surface area contributed by atoms with Crippen molar-refractivity contribution in [2.75, 3.05) is 19.8 Å². The smallest absolute Gasteiger partial charge is 0.257 e. The van der Waals surface area contributed by atoms with E-state index in [-0.39, 0.29) is 23.1 Å². The number of benzene rings is 1. The number of carbonyl (C=O) groups excluding carboxylic acids is 1. The minimum Gasteiger partial charge on any atom is -0.423 e. The Morgan fingerprint density at radius 3 is 3.00 bits per heavy atom. The van der Waals surface area contributed by atoms with Crippen LogP contribution in [0.2, 0.25) is 5.02 Å². The molecule has 1 amide bonds. The molecule has 0 bridgehead atoms. The lowest BCUT2D eigenvalue weighted by atomic mass is 10.1. The fourth-order valence-electron chi connectivity index (χ4n) is 2.32. The van der Waals surface area contributed by atoms with Crippen molar-refractivity contribution in [3.63, 3.8) is 0 Å². The number of morpholine rings is 1. The van der Waals surface area contributed by atoms with Gasteiger partial charge in [-0.1, -0.05) is 17.7 Å². The zero-order valence-corrected chi connectivity index (χ0v) is 12.5. The Bertz CT molecular complexity index is 706. The minimum absolute atomic E-state index is 0.0874. The molecule has 1 aliphatic heterocycles. The molecular formula is C14H13ClFN3O3. The molecule has 22 heavy (non-hydrogen) atoms. The van der Waals surface area contributed by atoms with Gasteiger partial charge in [-0.25, -0.2) is 4.39 Å². The molecular weight excluding hydrogens is 313 g/mol. The molecule has 1 aromatic heterocycles. The maximum absolute atomic E-state index is 14.1. The van der Waals surface area contributed by atoms with Crippen molar-refractivity contribution in [1.29, 1.82) is 0 Å². The third kappa shape index (κ3) is 2.69. The van der Waals surface area contributed by atoms with Crippen molar-refractivity contribution < 1.29 is 18.3 Å². The lowest BCUT2D eigenvalue weighted by Gasteiger charge is -2.33. The van der Waals surface area contributed by atoms with E-state index >= 15 is 0 Å². The lowest BCUT2D eigenvalue weighted by Crippen LogP contribution is -2.43. The van der Waals surface area contributed by atoms with Crippen LogP contribution in [-0.2, 0) is 4.74 Å². The second-order valence-corrected chi connectivity index (χ2v) is 5.26. The van der Waals surface area contributed by atoms with Crippen LogP contribution in [0.5, 0.6) is 0 Å². The van der Waals surface area contributed by atoms with Crippen molar-refractivity contribution in [3.05, 3.63) is 46.4 Å². The van der Waals surface area contributed by atoms with Gasteiger partial charge in [0, 0.05) is 13.5 Å². The fraction of sp³-hybridized carbons (Fsp3) is 0.357. The highest BCUT2D eigenvalue weighted by molar-refractivity contribution is 6.31. The van der Waals surface area contributed by atoms with Crippen LogP contribution in [0, 0.1) is 12.7 Å². The minimum atomic E-state index is -0.735. The van der Waals surface area contributed by atoms with Gasteiger partial charge in [0.15, 0.2) is 5.82 Å². The predicted octanol–water partition coefficient (Wildman–Crippen LogP) is 2.38. The predicted molar refractivity (Wildman–Crippen MR) is 75.0 cm³/mol. The van der Waals surface area contributed by atoms with Gasteiger partial charge < -0.3 is 14.1 Å². The third-order valence-corrected chi connectivity index (χ3v) is 3.69.